The first kappa shape index (κ1) is 23.4. The van der Waals surface area contributed by atoms with Gasteiger partial charge in [0.25, 0.3) is 0 Å². The van der Waals surface area contributed by atoms with Gasteiger partial charge in [-0.15, -0.1) is 0 Å². The number of aliphatic imine (C=N–C) groups is 1. The number of ether oxygens (including phenoxy) is 1. The van der Waals surface area contributed by atoms with Crippen molar-refractivity contribution in [1.29, 1.82) is 0 Å². The average molecular weight is 430 g/mol. The minimum absolute atomic E-state index is 0.0980. The number of hydrogen-bond acceptors (Lipinski definition) is 4. The number of hydrogen-bond donors (Lipinski definition) is 1. The Morgan fingerprint density at radius 1 is 1.10 bits per heavy atom. The maximum absolute atomic E-state index is 12.5. The van der Waals surface area contributed by atoms with Crippen molar-refractivity contribution in [2.75, 3.05) is 66.0 Å². The van der Waals surface area contributed by atoms with Gasteiger partial charge in [-0.1, -0.05) is 26.0 Å². The Morgan fingerprint density at radius 2 is 1.81 bits per heavy atom. The Kier molecular flexibility index (Phi) is 8.18. The number of nitrogens with one attached hydrogen (secondary N) is 1. The van der Waals surface area contributed by atoms with Crippen LogP contribution in [0.4, 0.5) is 0 Å². The van der Waals surface area contributed by atoms with Crippen LogP contribution in [-0.4, -0.2) is 92.6 Å². The van der Waals surface area contributed by atoms with Gasteiger partial charge in [-0.2, -0.15) is 0 Å². The van der Waals surface area contributed by atoms with Crippen molar-refractivity contribution in [3.8, 4) is 5.75 Å². The molecule has 0 unspecified atom stereocenters. The standard InChI is InChI=1S/C24H39N5O2/c1-5-25-23(26-19-24(2,3)20-9-8-10-21(17-20)31-4)29-15-13-27(14-16-29)18-22(30)28-11-6-7-12-28/h8-10,17H,5-7,11-16,18-19H2,1-4H3,(H,25,26). The summed E-state index contributed by atoms with van der Waals surface area (Å²) in [6, 6.07) is 8.24. The molecule has 2 fully saturated rings. The Morgan fingerprint density at radius 3 is 2.45 bits per heavy atom. The zero-order valence-electron chi connectivity index (χ0n) is 19.7. The molecule has 0 saturated carbocycles. The molecule has 7 heteroatoms. The predicted molar refractivity (Wildman–Crippen MR) is 126 cm³/mol. The maximum Gasteiger partial charge on any atom is 0.236 e. The van der Waals surface area contributed by atoms with Crippen molar-refractivity contribution in [2.24, 2.45) is 4.99 Å². The molecule has 2 saturated heterocycles. The number of piperazine rings is 1. The van der Waals surface area contributed by atoms with Gasteiger partial charge in [-0.05, 0) is 37.5 Å². The highest BCUT2D eigenvalue weighted by Gasteiger charge is 2.26. The van der Waals surface area contributed by atoms with Gasteiger partial charge in [0, 0.05) is 51.2 Å². The molecule has 2 aliphatic rings. The van der Waals surface area contributed by atoms with Gasteiger partial charge in [-0.3, -0.25) is 14.7 Å². The second-order valence-electron chi connectivity index (χ2n) is 9.14. The largest absolute Gasteiger partial charge is 0.497 e. The van der Waals surface area contributed by atoms with Crippen LogP contribution in [0, 0.1) is 0 Å². The van der Waals surface area contributed by atoms with Crippen molar-refractivity contribution in [2.45, 2.75) is 39.0 Å². The second kappa shape index (κ2) is 10.8. The van der Waals surface area contributed by atoms with E-state index in [4.69, 9.17) is 9.73 Å². The number of amides is 1. The van der Waals surface area contributed by atoms with E-state index in [1.165, 1.54) is 5.56 Å². The van der Waals surface area contributed by atoms with Crippen LogP contribution >= 0.6 is 0 Å². The molecule has 3 rings (SSSR count). The lowest BCUT2D eigenvalue weighted by molar-refractivity contribution is -0.131. The molecule has 1 amide bonds. The van der Waals surface area contributed by atoms with E-state index in [0.717, 1.165) is 70.4 Å². The zero-order valence-corrected chi connectivity index (χ0v) is 19.7. The monoisotopic (exact) mass is 429 g/mol. The van der Waals surface area contributed by atoms with Crippen LogP contribution in [0.5, 0.6) is 5.75 Å². The Balaban J connectivity index is 1.57. The van der Waals surface area contributed by atoms with Crippen molar-refractivity contribution >= 4 is 11.9 Å². The highest BCUT2D eigenvalue weighted by Crippen LogP contribution is 2.27. The number of benzene rings is 1. The van der Waals surface area contributed by atoms with Crippen LogP contribution in [0.25, 0.3) is 0 Å². The van der Waals surface area contributed by atoms with Gasteiger partial charge >= 0.3 is 0 Å². The Hall–Kier alpha value is -2.28. The molecule has 7 nitrogen and oxygen atoms in total. The maximum atomic E-state index is 12.5. The summed E-state index contributed by atoms with van der Waals surface area (Å²) in [7, 11) is 1.70. The molecule has 0 spiro atoms. The molecule has 1 aromatic carbocycles. The molecule has 1 aromatic rings. The first-order valence-corrected chi connectivity index (χ1v) is 11.6. The first-order valence-electron chi connectivity index (χ1n) is 11.6. The van der Waals surface area contributed by atoms with Crippen LogP contribution < -0.4 is 10.1 Å². The fourth-order valence-electron chi connectivity index (χ4n) is 4.21. The van der Waals surface area contributed by atoms with Crippen LogP contribution in [0.2, 0.25) is 0 Å². The summed E-state index contributed by atoms with van der Waals surface area (Å²) in [5.74, 6) is 2.12. The van der Waals surface area contributed by atoms with Crippen molar-refractivity contribution in [1.82, 2.24) is 20.0 Å². The van der Waals surface area contributed by atoms with E-state index < -0.39 is 0 Å². The van der Waals surface area contributed by atoms with Crippen LogP contribution in [0.3, 0.4) is 0 Å². The summed E-state index contributed by atoms with van der Waals surface area (Å²) in [6.07, 6.45) is 2.29. The Bertz CT molecular complexity index is 750. The van der Waals surface area contributed by atoms with Gasteiger partial charge in [0.15, 0.2) is 5.96 Å². The van der Waals surface area contributed by atoms with Gasteiger partial charge in [0.05, 0.1) is 20.2 Å². The lowest BCUT2D eigenvalue weighted by atomic mass is 9.84. The molecule has 2 aliphatic heterocycles. The topological polar surface area (TPSA) is 60.4 Å². The second-order valence-corrected chi connectivity index (χ2v) is 9.14. The summed E-state index contributed by atoms with van der Waals surface area (Å²) in [5.41, 5.74) is 1.12. The minimum Gasteiger partial charge on any atom is -0.497 e. The molecule has 0 bridgehead atoms. The summed E-state index contributed by atoms with van der Waals surface area (Å²) in [5, 5.41) is 3.46. The van der Waals surface area contributed by atoms with Gasteiger partial charge < -0.3 is 19.9 Å². The number of methoxy groups -OCH3 is 1. The zero-order chi connectivity index (χ0) is 22.3. The quantitative estimate of drug-likeness (QED) is 0.532. The molecule has 2 heterocycles. The minimum atomic E-state index is -0.0980. The number of carbonyl (C=O) groups is 1. The van der Waals surface area contributed by atoms with Gasteiger partial charge in [-0.25, -0.2) is 0 Å². The average Bonchev–Trinajstić information content (AvgIpc) is 3.32. The van der Waals surface area contributed by atoms with Crippen LogP contribution in [0.1, 0.15) is 39.2 Å². The number of rotatable bonds is 7. The first-order chi connectivity index (χ1) is 14.9. The number of guanidine groups is 1. The predicted octanol–water partition coefficient (Wildman–Crippen LogP) is 2.18. The van der Waals surface area contributed by atoms with E-state index in [9.17, 15) is 4.79 Å². The Labute approximate surface area is 187 Å². The van der Waals surface area contributed by atoms with E-state index in [1.807, 2.05) is 17.0 Å². The third kappa shape index (κ3) is 6.35. The fourth-order valence-corrected chi connectivity index (χ4v) is 4.21. The third-order valence-electron chi connectivity index (χ3n) is 6.30. The van der Waals surface area contributed by atoms with Crippen molar-refractivity contribution in [3.05, 3.63) is 29.8 Å². The molecular formula is C24H39N5O2. The van der Waals surface area contributed by atoms with E-state index in [-0.39, 0.29) is 11.3 Å². The summed E-state index contributed by atoms with van der Waals surface area (Å²) < 4.78 is 5.39. The van der Waals surface area contributed by atoms with Gasteiger partial charge in [0.2, 0.25) is 5.91 Å². The number of carbonyl (C=O) groups excluding carboxylic acids is 1. The molecule has 0 aromatic heterocycles. The molecule has 0 atom stereocenters. The highest BCUT2D eigenvalue weighted by molar-refractivity contribution is 5.80. The SMILES string of the molecule is CCNC(=NCC(C)(C)c1cccc(OC)c1)N1CCN(CC(=O)N2CCCC2)CC1. The highest BCUT2D eigenvalue weighted by atomic mass is 16.5. The lowest BCUT2D eigenvalue weighted by Crippen LogP contribution is -2.54. The van der Waals surface area contributed by atoms with Crippen molar-refractivity contribution < 1.29 is 9.53 Å². The molecule has 172 valence electrons. The van der Waals surface area contributed by atoms with Crippen molar-refractivity contribution in [3.63, 3.8) is 0 Å². The summed E-state index contributed by atoms with van der Waals surface area (Å²) >= 11 is 0. The molecule has 0 aliphatic carbocycles. The number of nitrogens with zero attached hydrogens (tertiary/aromatic N) is 4. The van der Waals surface area contributed by atoms with E-state index in [2.05, 4.69) is 48.0 Å². The van der Waals surface area contributed by atoms with Gasteiger partial charge in [0.1, 0.15) is 5.75 Å². The smallest absolute Gasteiger partial charge is 0.236 e. The molecule has 31 heavy (non-hydrogen) atoms. The normalized spacial score (nSPS) is 18.4. The van der Waals surface area contributed by atoms with E-state index in [1.54, 1.807) is 7.11 Å². The van der Waals surface area contributed by atoms with Crippen LogP contribution in [-0.2, 0) is 10.2 Å². The number of likely N-dealkylation sites (tertiary alicyclic amines) is 1. The summed E-state index contributed by atoms with van der Waals surface area (Å²) in [6.45, 7) is 14.0. The third-order valence-corrected chi connectivity index (χ3v) is 6.30. The summed E-state index contributed by atoms with van der Waals surface area (Å²) in [4.78, 5) is 24.0. The lowest BCUT2D eigenvalue weighted by Gasteiger charge is -2.37. The van der Waals surface area contributed by atoms with E-state index >= 15 is 0 Å². The molecule has 0 radical (unpaired) electrons. The van der Waals surface area contributed by atoms with Crippen LogP contribution in [0.15, 0.2) is 29.3 Å². The molecule has 1 N–H and O–H groups in total. The fraction of sp³-hybridized carbons (Fsp3) is 0.667. The molecular weight excluding hydrogens is 390 g/mol. The van der Waals surface area contributed by atoms with E-state index in [0.29, 0.717) is 13.1 Å².